The molecule has 0 unspecified atom stereocenters. The van der Waals surface area contributed by atoms with E-state index in [0.29, 0.717) is 10.8 Å². The average Bonchev–Trinajstić information content (AvgIpc) is 3.14. The van der Waals surface area contributed by atoms with Gasteiger partial charge in [-0.05, 0) is 41.5 Å². The van der Waals surface area contributed by atoms with Gasteiger partial charge in [-0.15, -0.1) is 11.3 Å². The highest BCUT2D eigenvalue weighted by Gasteiger charge is 2.08. The SMILES string of the molecule is O=C(CSc1nc2cc(Cl)ccc2s1)Nc1ccc(C=Cc2ccccc2)cc1. The van der Waals surface area contributed by atoms with Gasteiger partial charge in [0.25, 0.3) is 0 Å². The van der Waals surface area contributed by atoms with Gasteiger partial charge in [0.1, 0.15) is 0 Å². The van der Waals surface area contributed by atoms with Crippen LogP contribution in [0.4, 0.5) is 5.69 Å². The van der Waals surface area contributed by atoms with Crippen molar-refractivity contribution in [2.24, 2.45) is 0 Å². The summed E-state index contributed by atoms with van der Waals surface area (Å²) in [4.78, 5) is 16.8. The van der Waals surface area contributed by atoms with Gasteiger partial charge in [0, 0.05) is 10.7 Å². The molecule has 0 saturated carbocycles. The van der Waals surface area contributed by atoms with Crippen molar-refractivity contribution >= 4 is 68.7 Å². The number of thiazole rings is 1. The smallest absolute Gasteiger partial charge is 0.234 e. The molecule has 0 bridgehead atoms. The Hall–Kier alpha value is -2.60. The van der Waals surface area contributed by atoms with Crippen molar-refractivity contribution in [1.82, 2.24) is 4.98 Å². The summed E-state index contributed by atoms with van der Waals surface area (Å²) in [5.41, 5.74) is 3.88. The van der Waals surface area contributed by atoms with Crippen LogP contribution >= 0.6 is 34.7 Å². The number of halogens is 1. The van der Waals surface area contributed by atoms with Gasteiger partial charge < -0.3 is 5.32 Å². The van der Waals surface area contributed by atoms with Crippen LogP contribution in [0.25, 0.3) is 22.4 Å². The van der Waals surface area contributed by atoms with Crippen LogP contribution in [0.2, 0.25) is 5.02 Å². The molecule has 1 amide bonds. The van der Waals surface area contributed by atoms with Gasteiger partial charge in [-0.25, -0.2) is 4.98 Å². The van der Waals surface area contributed by atoms with Gasteiger partial charge in [-0.1, -0.05) is 78.0 Å². The molecular weight excluding hydrogens is 420 g/mol. The largest absolute Gasteiger partial charge is 0.325 e. The first kappa shape index (κ1) is 19.7. The van der Waals surface area contributed by atoms with E-state index in [0.717, 1.165) is 31.4 Å². The first-order chi connectivity index (χ1) is 14.2. The van der Waals surface area contributed by atoms with E-state index in [1.807, 2.05) is 60.7 Å². The normalized spacial score (nSPS) is 11.2. The Balaban J connectivity index is 1.31. The molecule has 3 nitrogen and oxygen atoms in total. The summed E-state index contributed by atoms with van der Waals surface area (Å²) < 4.78 is 1.93. The highest BCUT2D eigenvalue weighted by atomic mass is 35.5. The molecule has 0 fully saturated rings. The summed E-state index contributed by atoms with van der Waals surface area (Å²) in [6.45, 7) is 0. The van der Waals surface area contributed by atoms with Gasteiger partial charge in [-0.3, -0.25) is 4.79 Å². The van der Waals surface area contributed by atoms with Crippen LogP contribution < -0.4 is 5.32 Å². The minimum atomic E-state index is -0.0557. The molecule has 0 aliphatic rings. The summed E-state index contributed by atoms with van der Waals surface area (Å²) in [6.07, 6.45) is 4.12. The van der Waals surface area contributed by atoms with Crippen molar-refractivity contribution in [3.05, 3.63) is 88.9 Å². The minimum Gasteiger partial charge on any atom is -0.325 e. The van der Waals surface area contributed by atoms with Crippen LogP contribution in [0.1, 0.15) is 11.1 Å². The third-order valence-electron chi connectivity index (χ3n) is 4.12. The van der Waals surface area contributed by atoms with E-state index in [2.05, 4.69) is 34.6 Å². The van der Waals surface area contributed by atoms with Crippen molar-refractivity contribution in [3.8, 4) is 0 Å². The van der Waals surface area contributed by atoms with Crippen LogP contribution in [0.3, 0.4) is 0 Å². The Bertz CT molecular complexity index is 1150. The molecule has 0 spiro atoms. The van der Waals surface area contributed by atoms with Crippen molar-refractivity contribution in [3.63, 3.8) is 0 Å². The second-order valence-corrected chi connectivity index (χ2v) is 8.98. The van der Waals surface area contributed by atoms with Gasteiger partial charge in [0.15, 0.2) is 4.34 Å². The molecule has 1 N–H and O–H groups in total. The molecule has 0 saturated heterocycles. The molecular formula is C23H17ClN2OS2. The standard InChI is InChI=1S/C23H17ClN2OS2/c24-18-10-13-21-20(14-18)26-23(29-21)28-15-22(27)25-19-11-8-17(9-12-19)7-6-16-4-2-1-3-5-16/h1-14H,15H2,(H,25,27). The monoisotopic (exact) mass is 436 g/mol. The Morgan fingerprint density at radius 2 is 1.72 bits per heavy atom. The van der Waals surface area contributed by atoms with Crippen LogP contribution in [-0.2, 0) is 4.79 Å². The summed E-state index contributed by atoms with van der Waals surface area (Å²) in [7, 11) is 0. The van der Waals surface area contributed by atoms with Crippen molar-refractivity contribution in [2.75, 3.05) is 11.1 Å². The molecule has 6 heteroatoms. The number of hydrogen-bond acceptors (Lipinski definition) is 4. The van der Waals surface area contributed by atoms with Crippen molar-refractivity contribution in [1.29, 1.82) is 0 Å². The van der Waals surface area contributed by atoms with E-state index in [1.165, 1.54) is 11.8 Å². The Kier molecular flexibility index (Phi) is 6.30. The number of amides is 1. The first-order valence-electron chi connectivity index (χ1n) is 8.98. The van der Waals surface area contributed by atoms with E-state index in [4.69, 9.17) is 11.6 Å². The third kappa shape index (κ3) is 5.48. The maximum absolute atomic E-state index is 12.3. The summed E-state index contributed by atoms with van der Waals surface area (Å²) in [5, 5.41) is 3.59. The number of aromatic nitrogens is 1. The number of thioether (sulfide) groups is 1. The molecule has 3 aromatic carbocycles. The van der Waals surface area contributed by atoms with Crippen molar-refractivity contribution in [2.45, 2.75) is 4.34 Å². The van der Waals surface area contributed by atoms with Crippen LogP contribution in [0.15, 0.2) is 77.1 Å². The number of benzene rings is 3. The number of hydrogen-bond donors (Lipinski definition) is 1. The quantitative estimate of drug-likeness (QED) is 0.265. The topological polar surface area (TPSA) is 42.0 Å². The number of nitrogens with one attached hydrogen (secondary N) is 1. The molecule has 0 aliphatic carbocycles. The lowest BCUT2D eigenvalue weighted by Crippen LogP contribution is -2.13. The van der Waals surface area contributed by atoms with Crippen LogP contribution in [0, 0.1) is 0 Å². The zero-order valence-electron chi connectivity index (χ0n) is 15.3. The fourth-order valence-corrected chi connectivity index (χ4v) is 4.71. The lowest BCUT2D eigenvalue weighted by molar-refractivity contribution is -0.113. The predicted octanol–water partition coefficient (Wildman–Crippen LogP) is 6.85. The molecule has 0 radical (unpaired) electrons. The van der Waals surface area contributed by atoms with E-state index in [1.54, 1.807) is 11.3 Å². The Morgan fingerprint density at radius 1 is 1.00 bits per heavy atom. The molecule has 4 aromatic rings. The molecule has 144 valence electrons. The maximum Gasteiger partial charge on any atom is 0.234 e. The van der Waals surface area contributed by atoms with E-state index >= 15 is 0 Å². The van der Waals surface area contributed by atoms with E-state index in [9.17, 15) is 4.79 Å². The molecule has 0 aliphatic heterocycles. The van der Waals surface area contributed by atoms with Gasteiger partial charge in [-0.2, -0.15) is 0 Å². The number of carbonyl (C=O) groups excluding carboxylic acids is 1. The van der Waals surface area contributed by atoms with Gasteiger partial charge in [0.05, 0.1) is 16.0 Å². The number of rotatable bonds is 6. The van der Waals surface area contributed by atoms with Gasteiger partial charge in [0.2, 0.25) is 5.91 Å². The molecule has 1 heterocycles. The number of nitrogens with zero attached hydrogens (tertiary/aromatic N) is 1. The number of anilines is 1. The fraction of sp³-hybridized carbons (Fsp3) is 0.0435. The fourth-order valence-electron chi connectivity index (χ4n) is 2.70. The van der Waals surface area contributed by atoms with Crippen LogP contribution in [-0.4, -0.2) is 16.6 Å². The molecule has 1 aromatic heterocycles. The number of carbonyl (C=O) groups is 1. The molecule has 0 atom stereocenters. The van der Waals surface area contributed by atoms with Crippen molar-refractivity contribution < 1.29 is 4.79 Å². The lowest BCUT2D eigenvalue weighted by Gasteiger charge is -2.04. The highest BCUT2D eigenvalue weighted by Crippen LogP contribution is 2.31. The average molecular weight is 437 g/mol. The maximum atomic E-state index is 12.3. The summed E-state index contributed by atoms with van der Waals surface area (Å²) in [5.74, 6) is 0.253. The lowest BCUT2D eigenvalue weighted by atomic mass is 10.1. The number of fused-ring (bicyclic) bond motifs is 1. The Morgan fingerprint density at radius 3 is 2.48 bits per heavy atom. The highest BCUT2D eigenvalue weighted by molar-refractivity contribution is 8.01. The minimum absolute atomic E-state index is 0.0557. The van der Waals surface area contributed by atoms with E-state index in [-0.39, 0.29) is 5.91 Å². The third-order valence-corrected chi connectivity index (χ3v) is 6.53. The van der Waals surface area contributed by atoms with Gasteiger partial charge >= 0.3 is 0 Å². The predicted molar refractivity (Wildman–Crippen MR) is 126 cm³/mol. The second-order valence-electron chi connectivity index (χ2n) is 6.29. The molecule has 29 heavy (non-hydrogen) atoms. The zero-order valence-corrected chi connectivity index (χ0v) is 17.7. The zero-order chi connectivity index (χ0) is 20.1. The first-order valence-corrected chi connectivity index (χ1v) is 11.2. The Labute approximate surface area is 182 Å². The second kappa shape index (κ2) is 9.27. The summed E-state index contributed by atoms with van der Waals surface area (Å²) >= 11 is 8.99. The van der Waals surface area contributed by atoms with E-state index < -0.39 is 0 Å². The van der Waals surface area contributed by atoms with Crippen LogP contribution in [0.5, 0.6) is 0 Å². The summed E-state index contributed by atoms with van der Waals surface area (Å²) in [6, 6.07) is 23.6. The molecule has 4 rings (SSSR count).